The monoisotopic (exact) mass is 220 g/mol. The van der Waals surface area contributed by atoms with E-state index in [-0.39, 0.29) is 5.37 Å². The molecule has 1 atom stereocenters. The molecular formula is C11H12N2OS. The number of nitrogens with zero attached hydrogens (tertiary/aromatic N) is 1. The zero-order valence-corrected chi connectivity index (χ0v) is 9.04. The topological polar surface area (TPSA) is 41.5 Å². The van der Waals surface area contributed by atoms with Crippen LogP contribution in [0.4, 0.5) is 0 Å². The summed E-state index contributed by atoms with van der Waals surface area (Å²) in [6, 6.07) is 10.3. The molecule has 1 N–H and O–H groups in total. The standard InChI is InChI=1S/C11H12N2OS/c14-12-7-11-13-10(8-15-11)6-9-4-2-1-3-5-9/h1-5,8,11,13H,6-7H2. The van der Waals surface area contributed by atoms with Crippen LogP contribution in [0.5, 0.6) is 0 Å². The number of hydrogen-bond donors (Lipinski definition) is 1. The summed E-state index contributed by atoms with van der Waals surface area (Å²) < 4.78 is 0. The van der Waals surface area contributed by atoms with E-state index in [1.165, 1.54) is 11.3 Å². The first kappa shape index (κ1) is 10.2. The van der Waals surface area contributed by atoms with Crippen LogP contribution in [0.25, 0.3) is 0 Å². The van der Waals surface area contributed by atoms with Crippen LogP contribution in [-0.2, 0) is 6.42 Å². The maximum absolute atomic E-state index is 10.1. The Morgan fingerprint density at radius 1 is 1.33 bits per heavy atom. The number of rotatable bonds is 4. The van der Waals surface area contributed by atoms with Crippen LogP contribution in [0.1, 0.15) is 5.56 Å². The lowest BCUT2D eigenvalue weighted by molar-refractivity contribution is 0.742. The molecule has 1 aliphatic rings. The summed E-state index contributed by atoms with van der Waals surface area (Å²) in [7, 11) is 0. The lowest BCUT2D eigenvalue weighted by Gasteiger charge is -2.08. The van der Waals surface area contributed by atoms with Gasteiger partial charge in [-0.3, -0.25) is 0 Å². The number of hydrogen-bond acceptors (Lipinski definition) is 4. The fourth-order valence-electron chi connectivity index (χ4n) is 1.50. The van der Waals surface area contributed by atoms with Crippen LogP contribution >= 0.6 is 11.8 Å². The maximum Gasteiger partial charge on any atom is 0.111 e. The average Bonchev–Trinajstić information content (AvgIpc) is 2.68. The molecule has 0 fully saturated rings. The van der Waals surface area contributed by atoms with Crippen molar-refractivity contribution in [3.63, 3.8) is 0 Å². The highest BCUT2D eigenvalue weighted by atomic mass is 32.2. The summed E-state index contributed by atoms with van der Waals surface area (Å²) in [6.45, 7) is 0.319. The molecule has 1 aromatic carbocycles. The average molecular weight is 220 g/mol. The second-order valence-electron chi connectivity index (χ2n) is 3.39. The third-order valence-corrected chi connectivity index (χ3v) is 3.21. The van der Waals surface area contributed by atoms with Crippen molar-refractivity contribution in [2.24, 2.45) is 5.18 Å². The van der Waals surface area contributed by atoms with Crippen LogP contribution in [0, 0.1) is 4.91 Å². The van der Waals surface area contributed by atoms with Gasteiger partial charge in [0.1, 0.15) is 6.54 Å². The minimum absolute atomic E-state index is 0.126. The minimum atomic E-state index is 0.126. The first-order valence-electron chi connectivity index (χ1n) is 4.82. The van der Waals surface area contributed by atoms with E-state index in [0.29, 0.717) is 6.54 Å². The summed E-state index contributed by atoms with van der Waals surface area (Å²) in [5, 5.41) is 8.36. The number of benzene rings is 1. The first-order valence-corrected chi connectivity index (χ1v) is 5.77. The molecular weight excluding hydrogens is 208 g/mol. The van der Waals surface area contributed by atoms with Crippen molar-refractivity contribution < 1.29 is 0 Å². The quantitative estimate of drug-likeness (QED) is 0.793. The van der Waals surface area contributed by atoms with Gasteiger partial charge in [0.05, 0.1) is 5.37 Å². The molecule has 0 spiro atoms. The van der Waals surface area contributed by atoms with Gasteiger partial charge in [-0.1, -0.05) is 35.5 Å². The van der Waals surface area contributed by atoms with Gasteiger partial charge in [-0.25, -0.2) is 0 Å². The molecule has 0 radical (unpaired) electrons. The van der Waals surface area contributed by atoms with Gasteiger partial charge in [0, 0.05) is 12.1 Å². The van der Waals surface area contributed by atoms with Crippen molar-refractivity contribution in [1.82, 2.24) is 5.32 Å². The van der Waals surface area contributed by atoms with Crippen molar-refractivity contribution in [3.05, 3.63) is 51.9 Å². The Morgan fingerprint density at radius 2 is 2.13 bits per heavy atom. The van der Waals surface area contributed by atoms with Crippen LogP contribution in [0.15, 0.2) is 46.6 Å². The van der Waals surface area contributed by atoms with E-state index in [1.807, 2.05) is 18.2 Å². The molecule has 0 bridgehead atoms. The lowest BCUT2D eigenvalue weighted by Crippen LogP contribution is -2.23. The third-order valence-electron chi connectivity index (χ3n) is 2.20. The van der Waals surface area contributed by atoms with Gasteiger partial charge >= 0.3 is 0 Å². The molecule has 78 valence electrons. The highest BCUT2D eigenvalue weighted by Crippen LogP contribution is 2.23. The number of nitrogens with one attached hydrogen (secondary N) is 1. The predicted octanol–water partition coefficient (Wildman–Crippen LogP) is 2.50. The Labute approximate surface area is 92.9 Å². The second-order valence-corrected chi connectivity index (χ2v) is 4.46. The zero-order valence-electron chi connectivity index (χ0n) is 8.22. The van der Waals surface area contributed by atoms with E-state index in [4.69, 9.17) is 0 Å². The molecule has 4 heteroatoms. The summed E-state index contributed by atoms with van der Waals surface area (Å²) in [5.74, 6) is 0. The molecule has 1 heterocycles. The molecule has 1 aromatic rings. The molecule has 0 saturated heterocycles. The molecule has 2 rings (SSSR count). The predicted molar refractivity (Wildman–Crippen MR) is 63.4 cm³/mol. The Morgan fingerprint density at radius 3 is 2.87 bits per heavy atom. The largest absolute Gasteiger partial charge is 0.374 e. The highest BCUT2D eigenvalue weighted by Gasteiger charge is 2.16. The van der Waals surface area contributed by atoms with Gasteiger partial charge in [0.15, 0.2) is 0 Å². The molecule has 0 aromatic heterocycles. The Hall–Kier alpha value is -1.29. The molecule has 1 unspecified atom stereocenters. The van der Waals surface area contributed by atoms with Crippen molar-refractivity contribution in [2.45, 2.75) is 11.8 Å². The Kier molecular flexibility index (Phi) is 3.40. The maximum atomic E-state index is 10.1. The smallest absolute Gasteiger partial charge is 0.111 e. The van der Waals surface area contributed by atoms with Crippen molar-refractivity contribution >= 4 is 11.8 Å². The third kappa shape index (κ3) is 2.83. The van der Waals surface area contributed by atoms with Gasteiger partial charge < -0.3 is 5.32 Å². The van der Waals surface area contributed by atoms with Gasteiger partial charge in [-0.15, -0.1) is 11.8 Å². The van der Waals surface area contributed by atoms with Crippen molar-refractivity contribution in [3.8, 4) is 0 Å². The van der Waals surface area contributed by atoms with Gasteiger partial charge in [0.25, 0.3) is 0 Å². The van der Waals surface area contributed by atoms with E-state index >= 15 is 0 Å². The minimum Gasteiger partial charge on any atom is -0.374 e. The molecule has 3 nitrogen and oxygen atoms in total. The molecule has 0 aliphatic carbocycles. The summed E-state index contributed by atoms with van der Waals surface area (Å²) in [4.78, 5) is 10.1. The van der Waals surface area contributed by atoms with Crippen molar-refractivity contribution in [1.29, 1.82) is 0 Å². The van der Waals surface area contributed by atoms with Gasteiger partial charge in [-0.2, -0.15) is 4.91 Å². The Bertz CT molecular complexity index is 364. The van der Waals surface area contributed by atoms with Crippen LogP contribution < -0.4 is 5.32 Å². The summed E-state index contributed by atoms with van der Waals surface area (Å²) in [6.07, 6.45) is 0.892. The molecule has 0 saturated carbocycles. The SMILES string of the molecule is O=NCC1NC(Cc2ccccc2)=CS1. The van der Waals surface area contributed by atoms with Crippen LogP contribution in [0.2, 0.25) is 0 Å². The van der Waals surface area contributed by atoms with Crippen LogP contribution in [0.3, 0.4) is 0 Å². The summed E-state index contributed by atoms with van der Waals surface area (Å²) >= 11 is 1.63. The van der Waals surface area contributed by atoms with E-state index in [9.17, 15) is 4.91 Å². The second kappa shape index (κ2) is 4.98. The van der Waals surface area contributed by atoms with E-state index in [0.717, 1.165) is 6.42 Å². The van der Waals surface area contributed by atoms with Crippen LogP contribution in [-0.4, -0.2) is 11.9 Å². The normalized spacial score (nSPS) is 19.5. The van der Waals surface area contributed by atoms with E-state index < -0.39 is 0 Å². The highest BCUT2D eigenvalue weighted by molar-refractivity contribution is 8.03. The lowest BCUT2D eigenvalue weighted by atomic mass is 10.1. The molecule has 1 aliphatic heterocycles. The van der Waals surface area contributed by atoms with E-state index in [1.54, 1.807) is 11.8 Å². The number of thioether (sulfide) groups is 1. The fraction of sp³-hybridized carbons (Fsp3) is 0.273. The zero-order chi connectivity index (χ0) is 10.5. The molecule has 15 heavy (non-hydrogen) atoms. The first-order chi connectivity index (χ1) is 7.38. The van der Waals surface area contributed by atoms with Crippen molar-refractivity contribution in [2.75, 3.05) is 6.54 Å². The fourth-order valence-corrected chi connectivity index (χ4v) is 2.35. The number of allylic oxidation sites excluding steroid dienone is 1. The number of nitroso groups, excluding NO2 is 1. The van der Waals surface area contributed by atoms with Gasteiger partial charge in [-0.05, 0) is 11.0 Å². The summed E-state index contributed by atoms with van der Waals surface area (Å²) in [5.41, 5.74) is 2.44. The van der Waals surface area contributed by atoms with E-state index in [2.05, 4.69) is 28.0 Å². The molecule has 0 amide bonds. The van der Waals surface area contributed by atoms with Gasteiger partial charge in [0.2, 0.25) is 0 Å². The Balaban J connectivity index is 1.90.